The van der Waals surface area contributed by atoms with E-state index < -0.39 is 6.04 Å². The molecule has 1 aromatic rings. The maximum Gasteiger partial charge on any atom is 0.241 e. The lowest BCUT2D eigenvalue weighted by molar-refractivity contribution is -0.118. The van der Waals surface area contributed by atoms with Crippen LogP contribution in [0.3, 0.4) is 0 Å². The van der Waals surface area contributed by atoms with E-state index in [1.807, 2.05) is 26.0 Å². The van der Waals surface area contributed by atoms with Crippen LogP contribution >= 0.6 is 0 Å². The molecule has 0 fully saturated rings. The number of anilines is 1. The predicted octanol–water partition coefficient (Wildman–Crippen LogP) is 1.35. The molecule has 0 aliphatic carbocycles. The molecule has 1 atom stereocenters. The highest BCUT2D eigenvalue weighted by atomic mass is 16.2. The zero-order valence-corrected chi connectivity index (χ0v) is 10.3. The van der Waals surface area contributed by atoms with E-state index in [-0.39, 0.29) is 23.0 Å². The summed E-state index contributed by atoms with van der Waals surface area (Å²) in [5.41, 5.74) is 6.68. The number of carbonyl (C=O) groups is 1. The number of nitrogens with two attached hydrogens (primary N) is 1. The van der Waals surface area contributed by atoms with Crippen LogP contribution in [0.5, 0.6) is 0 Å². The maximum atomic E-state index is 11.7. The molecule has 0 saturated carbocycles. The van der Waals surface area contributed by atoms with Gasteiger partial charge in [0.2, 0.25) is 5.91 Å². The molecule has 0 spiro atoms. The highest BCUT2D eigenvalue weighted by Gasteiger charge is 2.17. The molecule has 0 aromatic heterocycles. The Bertz CT molecular complexity index is 537. The van der Waals surface area contributed by atoms with Gasteiger partial charge in [0.25, 0.3) is 0 Å². The van der Waals surface area contributed by atoms with Crippen molar-refractivity contribution in [1.29, 1.82) is 10.5 Å². The number of amides is 1. The molecule has 0 bridgehead atoms. The first-order valence-electron chi connectivity index (χ1n) is 5.50. The van der Waals surface area contributed by atoms with Crippen LogP contribution in [0.1, 0.15) is 25.0 Å². The van der Waals surface area contributed by atoms with Gasteiger partial charge in [-0.1, -0.05) is 13.8 Å². The lowest BCUT2D eigenvalue weighted by atomic mass is 10.0. The number of rotatable bonds is 3. The van der Waals surface area contributed by atoms with Gasteiger partial charge in [0.05, 0.1) is 17.2 Å². The Balaban J connectivity index is 2.91. The van der Waals surface area contributed by atoms with Gasteiger partial charge in [0.1, 0.15) is 12.1 Å². The fourth-order valence-corrected chi connectivity index (χ4v) is 1.34. The Morgan fingerprint density at radius 2 is 1.89 bits per heavy atom. The standard InChI is InChI=1S/C13H14N4O/c1-8(2)12(16)13(18)17-11-4-3-9(6-14)10(5-11)7-15/h3-5,8,12H,16H2,1-2H3,(H,17,18)/t12-/m1/s1. The van der Waals surface area contributed by atoms with E-state index in [1.165, 1.54) is 12.1 Å². The third kappa shape index (κ3) is 3.07. The first-order chi connectivity index (χ1) is 8.49. The van der Waals surface area contributed by atoms with Crippen molar-refractivity contribution in [2.45, 2.75) is 19.9 Å². The number of carbonyl (C=O) groups excluding carboxylic acids is 1. The fraction of sp³-hybridized carbons (Fsp3) is 0.308. The van der Waals surface area contributed by atoms with Gasteiger partial charge in [-0.05, 0) is 24.1 Å². The van der Waals surface area contributed by atoms with Crippen LogP contribution in [0, 0.1) is 28.6 Å². The summed E-state index contributed by atoms with van der Waals surface area (Å²) in [4.78, 5) is 11.7. The van der Waals surface area contributed by atoms with Crippen LogP contribution in [0.4, 0.5) is 5.69 Å². The summed E-state index contributed by atoms with van der Waals surface area (Å²) in [5.74, 6) is -0.280. The van der Waals surface area contributed by atoms with Crippen molar-refractivity contribution in [3.8, 4) is 12.1 Å². The fourth-order valence-electron chi connectivity index (χ4n) is 1.34. The van der Waals surface area contributed by atoms with Crippen LogP contribution < -0.4 is 11.1 Å². The van der Waals surface area contributed by atoms with Crippen LogP contribution in [0.2, 0.25) is 0 Å². The van der Waals surface area contributed by atoms with Gasteiger partial charge < -0.3 is 11.1 Å². The molecule has 0 aliphatic heterocycles. The molecule has 0 saturated heterocycles. The largest absolute Gasteiger partial charge is 0.325 e. The number of nitrogens with zero attached hydrogens (tertiary/aromatic N) is 2. The van der Waals surface area contributed by atoms with E-state index in [0.717, 1.165) is 0 Å². The van der Waals surface area contributed by atoms with Crippen molar-refractivity contribution >= 4 is 11.6 Å². The van der Waals surface area contributed by atoms with Crippen LogP contribution in [0.15, 0.2) is 18.2 Å². The summed E-state index contributed by atoms with van der Waals surface area (Å²) in [6.07, 6.45) is 0. The van der Waals surface area contributed by atoms with Gasteiger partial charge >= 0.3 is 0 Å². The summed E-state index contributed by atoms with van der Waals surface area (Å²) in [6, 6.07) is 7.74. The lowest BCUT2D eigenvalue weighted by Crippen LogP contribution is -2.39. The highest BCUT2D eigenvalue weighted by molar-refractivity contribution is 5.95. The Kier molecular flexibility index (Phi) is 4.42. The molecule has 5 heteroatoms. The highest BCUT2D eigenvalue weighted by Crippen LogP contribution is 2.15. The SMILES string of the molecule is CC(C)[C@@H](N)C(=O)Nc1ccc(C#N)c(C#N)c1. The zero-order chi connectivity index (χ0) is 13.7. The molecule has 1 rings (SSSR count). The average Bonchev–Trinajstić information content (AvgIpc) is 2.37. The number of hydrogen-bond acceptors (Lipinski definition) is 4. The van der Waals surface area contributed by atoms with Gasteiger partial charge in [-0.15, -0.1) is 0 Å². The first-order valence-corrected chi connectivity index (χ1v) is 5.50. The normalized spacial score (nSPS) is 11.4. The van der Waals surface area contributed by atoms with Gasteiger partial charge in [0.15, 0.2) is 0 Å². The third-order valence-electron chi connectivity index (χ3n) is 2.55. The Morgan fingerprint density at radius 3 is 2.39 bits per heavy atom. The van der Waals surface area contributed by atoms with Crippen molar-refractivity contribution in [2.24, 2.45) is 11.7 Å². The van der Waals surface area contributed by atoms with E-state index in [4.69, 9.17) is 16.3 Å². The third-order valence-corrected chi connectivity index (χ3v) is 2.55. The Labute approximate surface area is 106 Å². The zero-order valence-electron chi connectivity index (χ0n) is 10.3. The molecule has 0 heterocycles. The minimum absolute atomic E-state index is 0.0267. The van der Waals surface area contributed by atoms with E-state index in [0.29, 0.717) is 5.69 Å². The van der Waals surface area contributed by atoms with Crippen molar-refractivity contribution in [2.75, 3.05) is 5.32 Å². The predicted molar refractivity (Wildman–Crippen MR) is 67.3 cm³/mol. The quantitative estimate of drug-likeness (QED) is 0.834. The van der Waals surface area contributed by atoms with E-state index >= 15 is 0 Å². The van der Waals surface area contributed by atoms with E-state index in [2.05, 4.69) is 5.32 Å². The van der Waals surface area contributed by atoms with Crippen LogP contribution in [-0.2, 0) is 4.79 Å². The maximum absolute atomic E-state index is 11.7. The molecule has 3 N–H and O–H groups in total. The number of nitrogens with one attached hydrogen (secondary N) is 1. The van der Waals surface area contributed by atoms with E-state index in [9.17, 15) is 4.79 Å². The minimum Gasteiger partial charge on any atom is -0.325 e. The summed E-state index contributed by atoms with van der Waals surface area (Å²) in [5, 5.41) is 20.3. The number of benzene rings is 1. The Hall–Kier alpha value is -2.37. The van der Waals surface area contributed by atoms with Crippen LogP contribution in [-0.4, -0.2) is 11.9 Å². The second-order valence-corrected chi connectivity index (χ2v) is 4.24. The number of hydrogen-bond donors (Lipinski definition) is 2. The van der Waals surface area contributed by atoms with Gasteiger partial charge in [-0.2, -0.15) is 10.5 Å². The van der Waals surface area contributed by atoms with Crippen molar-refractivity contribution in [3.63, 3.8) is 0 Å². The lowest BCUT2D eigenvalue weighted by Gasteiger charge is -2.15. The molecular weight excluding hydrogens is 228 g/mol. The molecule has 5 nitrogen and oxygen atoms in total. The molecule has 1 aromatic carbocycles. The topological polar surface area (TPSA) is 103 Å². The van der Waals surface area contributed by atoms with Crippen LogP contribution in [0.25, 0.3) is 0 Å². The molecular formula is C13H14N4O. The van der Waals surface area contributed by atoms with Crippen molar-refractivity contribution in [3.05, 3.63) is 29.3 Å². The van der Waals surface area contributed by atoms with Gasteiger partial charge in [0, 0.05) is 5.69 Å². The second-order valence-electron chi connectivity index (χ2n) is 4.24. The summed E-state index contributed by atoms with van der Waals surface area (Å²) in [6.45, 7) is 3.70. The number of nitriles is 2. The summed E-state index contributed by atoms with van der Waals surface area (Å²) < 4.78 is 0. The smallest absolute Gasteiger partial charge is 0.241 e. The molecule has 0 aliphatic rings. The van der Waals surface area contributed by atoms with Gasteiger partial charge in [-0.25, -0.2) is 0 Å². The molecule has 0 radical (unpaired) electrons. The second kappa shape index (κ2) is 5.81. The first kappa shape index (κ1) is 13.7. The van der Waals surface area contributed by atoms with E-state index in [1.54, 1.807) is 6.07 Å². The Morgan fingerprint density at radius 1 is 1.28 bits per heavy atom. The monoisotopic (exact) mass is 242 g/mol. The van der Waals surface area contributed by atoms with Crippen molar-refractivity contribution in [1.82, 2.24) is 0 Å². The molecule has 18 heavy (non-hydrogen) atoms. The van der Waals surface area contributed by atoms with Crippen molar-refractivity contribution < 1.29 is 4.79 Å². The molecule has 92 valence electrons. The van der Waals surface area contributed by atoms with Gasteiger partial charge in [-0.3, -0.25) is 4.79 Å². The summed E-state index contributed by atoms with van der Waals surface area (Å²) >= 11 is 0. The molecule has 1 amide bonds. The minimum atomic E-state index is -0.605. The summed E-state index contributed by atoms with van der Waals surface area (Å²) in [7, 11) is 0. The molecule has 0 unspecified atom stereocenters. The average molecular weight is 242 g/mol.